The van der Waals surface area contributed by atoms with Gasteiger partial charge in [-0.2, -0.15) is 0 Å². The Hall–Kier alpha value is -0.710. The molecule has 0 saturated carbocycles. The molecule has 0 aromatic heterocycles. The second-order valence-corrected chi connectivity index (χ2v) is 7.73. The summed E-state index contributed by atoms with van der Waals surface area (Å²) in [7, 11) is 0. The fourth-order valence-electron chi connectivity index (χ4n) is 3.71. The first-order valence-corrected chi connectivity index (χ1v) is 8.91. The number of benzene rings is 1. The minimum absolute atomic E-state index is 0.0651. The summed E-state index contributed by atoms with van der Waals surface area (Å²) in [5.41, 5.74) is 0.508. The van der Waals surface area contributed by atoms with E-state index in [4.69, 9.17) is 11.6 Å². The molecule has 114 valence electrons. The standard InChI is InChI=1S/C16H21ClN2OS/c1-16(2)13-8-18-7-10(13)9-19(16)15(20)12-6-11(21-3)4-5-14(12)17/h4-6,10,13,18H,7-9H2,1-3H3. The summed E-state index contributed by atoms with van der Waals surface area (Å²) in [6.07, 6.45) is 2.01. The smallest absolute Gasteiger partial charge is 0.255 e. The number of amides is 1. The predicted molar refractivity (Wildman–Crippen MR) is 88.2 cm³/mol. The molecule has 3 rings (SSSR count). The maximum Gasteiger partial charge on any atom is 0.255 e. The van der Waals surface area contributed by atoms with E-state index in [9.17, 15) is 4.79 Å². The van der Waals surface area contributed by atoms with Gasteiger partial charge in [-0.3, -0.25) is 4.79 Å². The van der Waals surface area contributed by atoms with Crippen LogP contribution >= 0.6 is 23.4 Å². The van der Waals surface area contributed by atoms with Gasteiger partial charge in [0.05, 0.1) is 10.6 Å². The van der Waals surface area contributed by atoms with Crippen LogP contribution in [-0.4, -0.2) is 42.2 Å². The van der Waals surface area contributed by atoms with Gasteiger partial charge >= 0.3 is 0 Å². The second-order valence-electron chi connectivity index (χ2n) is 6.44. The molecule has 0 spiro atoms. The minimum Gasteiger partial charge on any atom is -0.333 e. The van der Waals surface area contributed by atoms with Crippen molar-refractivity contribution in [3.8, 4) is 0 Å². The highest BCUT2D eigenvalue weighted by Gasteiger charge is 2.51. The topological polar surface area (TPSA) is 32.3 Å². The number of carbonyl (C=O) groups is 1. The highest BCUT2D eigenvalue weighted by Crippen LogP contribution is 2.41. The number of nitrogens with one attached hydrogen (secondary N) is 1. The third kappa shape index (κ3) is 2.47. The number of fused-ring (bicyclic) bond motifs is 1. The molecule has 2 aliphatic heterocycles. The van der Waals surface area contributed by atoms with Crippen LogP contribution in [0.3, 0.4) is 0 Å². The number of hydrogen-bond acceptors (Lipinski definition) is 3. The molecule has 21 heavy (non-hydrogen) atoms. The maximum atomic E-state index is 13.0. The third-order valence-electron chi connectivity index (χ3n) is 5.01. The zero-order valence-corrected chi connectivity index (χ0v) is 14.2. The van der Waals surface area contributed by atoms with Crippen LogP contribution < -0.4 is 5.32 Å². The summed E-state index contributed by atoms with van der Waals surface area (Å²) >= 11 is 7.90. The van der Waals surface area contributed by atoms with Crippen molar-refractivity contribution in [2.45, 2.75) is 24.3 Å². The van der Waals surface area contributed by atoms with E-state index >= 15 is 0 Å². The maximum absolute atomic E-state index is 13.0. The van der Waals surface area contributed by atoms with Gasteiger partial charge in [0.25, 0.3) is 5.91 Å². The lowest BCUT2D eigenvalue weighted by Gasteiger charge is -2.36. The van der Waals surface area contributed by atoms with Crippen molar-refractivity contribution < 1.29 is 4.79 Å². The van der Waals surface area contributed by atoms with Gasteiger partial charge in [0.15, 0.2) is 0 Å². The van der Waals surface area contributed by atoms with Crippen LogP contribution in [0.15, 0.2) is 23.1 Å². The summed E-state index contributed by atoms with van der Waals surface area (Å²) in [6, 6.07) is 5.70. The van der Waals surface area contributed by atoms with E-state index in [1.165, 1.54) is 0 Å². The first kappa shape index (κ1) is 15.2. The van der Waals surface area contributed by atoms with E-state index in [0.29, 0.717) is 22.4 Å². The Labute approximate surface area is 135 Å². The van der Waals surface area contributed by atoms with E-state index in [-0.39, 0.29) is 11.4 Å². The van der Waals surface area contributed by atoms with Crippen LogP contribution in [-0.2, 0) is 0 Å². The monoisotopic (exact) mass is 324 g/mol. The molecule has 1 aromatic carbocycles. The Bertz CT molecular complexity index is 575. The highest BCUT2D eigenvalue weighted by atomic mass is 35.5. The first-order valence-electron chi connectivity index (χ1n) is 7.31. The van der Waals surface area contributed by atoms with Crippen molar-refractivity contribution in [1.82, 2.24) is 10.2 Å². The fourth-order valence-corrected chi connectivity index (χ4v) is 4.34. The normalized spacial score (nSPS) is 27.0. The summed E-state index contributed by atoms with van der Waals surface area (Å²) in [6.45, 7) is 7.18. The Balaban J connectivity index is 1.92. The number of likely N-dealkylation sites (tertiary alicyclic amines) is 1. The molecule has 0 radical (unpaired) electrons. The van der Waals surface area contributed by atoms with Crippen molar-refractivity contribution in [3.05, 3.63) is 28.8 Å². The van der Waals surface area contributed by atoms with Crippen molar-refractivity contribution >= 4 is 29.3 Å². The summed E-state index contributed by atoms with van der Waals surface area (Å²) < 4.78 is 0. The predicted octanol–water partition coefficient (Wildman–Crippen LogP) is 3.13. The Morgan fingerprint density at radius 1 is 1.43 bits per heavy atom. The molecule has 5 heteroatoms. The molecule has 0 aliphatic carbocycles. The van der Waals surface area contributed by atoms with Crippen molar-refractivity contribution in [3.63, 3.8) is 0 Å². The van der Waals surface area contributed by atoms with Crippen molar-refractivity contribution in [2.75, 3.05) is 25.9 Å². The minimum atomic E-state index is -0.121. The quantitative estimate of drug-likeness (QED) is 0.848. The van der Waals surface area contributed by atoms with E-state index in [1.807, 2.05) is 29.4 Å². The number of rotatable bonds is 2. The molecule has 2 aliphatic rings. The van der Waals surface area contributed by atoms with E-state index in [1.54, 1.807) is 11.8 Å². The SMILES string of the molecule is CSc1ccc(Cl)c(C(=O)N2CC3CNCC3C2(C)C)c1. The van der Waals surface area contributed by atoms with Gasteiger partial charge in [-0.25, -0.2) is 0 Å². The number of nitrogens with zero attached hydrogens (tertiary/aromatic N) is 1. The van der Waals surface area contributed by atoms with E-state index in [2.05, 4.69) is 19.2 Å². The van der Waals surface area contributed by atoms with Crippen LogP contribution in [0.25, 0.3) is 0 Å². The van der Waals surface area contributed by atoms with Crippen molar-refractivity contribution in [1.29, 1.82) is 0 Å². The zero-order valence-electron chi connectivity index (χ0n) is 12.6. The van der Waals surface area contributed by atoms with Gasteiger partial charge in [-0.15, -0.1) is 11.8 Å². The molecular weight excluding hydrogens is 304 g/mol. The molecule has 2 atom stereocenters. The van der Waals surface area contributed by atoms with Gasteiger partial charge in [0.2, 0.25) is 0 Å². The largest absolute Gasteiger partial charge is 0.333 e. The highest BCUT2D eigenvalue weighted by molar-refractivity contribution is 7.98. The average molecular weight is 325 g/mol. The molecular formula is C16H21ClN2OS. The lowest BCUT2D eigenvalue weighted by Crippen LogP contribution is -2.47. The number of hydrogen-bond donors (Lipinski definition) is 1. The molecule has 0 bridgehead atoms. The van der Waals surface area contributed by atoms with E-state index < -0.39 is 0 Å². The van der Waals surface area contributed by atoms with Gasteiger partial charge in [-0.05, 0) is 50.1 Å². The van der Waals surface area contributed by atoms with Crippen molar-refractivity contribution in [2.24, 2.45) is 11.8 Å². The second kappa shape index (κ2) is 5.49. The van der Waals surface area contributed by atoms with Crippen LogP contribution in [0.4, 0.5) is 0 Å². The molecule has 1 N–H and O–H groups in total. The van der Waals surface area contributed by atoms with Gasteiger partial charge in [-0.1, -0.05) is 11.6 Å². The molecule has 2 fully saturated rings. The van der Waals surface area contributed by atoms with Crippen LogP contribution in [0.5, 0.6) is 0 Å². The average Bonchev–Trinajstić information content (AvgIpc) is 3.01. The lowest BCUT2D eigenvalue weighted by molar-refractivity contribution is 0.0603. The lowest BCUT2D eigenvalue weighted by atomic mass is 9.84. The molecule has 3 nitrogen and oxygen atoms in total. The van der Waals surface area contributed by atoms with Crippen LogP contribution in [0.1, 0.15) is 24.2 Å². The molecule has 2 saturated heterocycles. The molecule has 1 aromatic rings. The number of carbonyl (C=O) groups excluding carboxylic acids is 1. The third-order valence-corrected chi connectivity index (χ3v) is 6.06. The molecule has 2 heterocycles. The molecule has 2 unspecified atom stereocenters. The summed E-state index contributed by atoms with van der Waals surface area (Å²) in [5.74, 6) is 1.16. The Morgan fingerprint density at radius 3 is 2.86 bits per heavy atom. The van der Waals surface area contributed by atoms with Gasteiger partial charge in [0, 0.05) is 30.1 Å². The van der Waals surface area contributed by atoms with Gasteiger partial charge in [0.1, 0.15) is 0 Å². The fraction of sp³-hybridized carbons (Fsp3) is 0.562. The van der Waals surface area contributed by atoms with Gasteiger partial charge < -0.3 is 10.2 Å². The Kier molecular flexibility index (Phi) is 3.97. The summed E-state index contributed by atoms with van der Waals surface area (Å²) in [4.78, 5) is 16.1. The molecule has 1 amide bonds. The number of halogens is 1. The van der Waals surface area contributed by atoms with Crippen LogP contribution in [0, 0.1) is 11.8 Å². The zero-order chi connectivity index (χ0) is 15.2. The number of thioether (sulfide) groups is 1. The van der Waals surface area contributed by atoms with E-state index in [0.717, 1.165) is 24.5 Å². The van der Waals surface area contributed by atoms with Crippen LogP contribution in [0.2, 0.25) is 5.02 Å². The first-order chi connectivity index (χ1) is 9.95. The Morgan fingerprint density at radius 2 is 2.19 bits per heavy atom. The summed E-state index contributed by atoms with van der Waals surface area (Å²) in [5, 5.41) is 3.99.